The highest BCUT2D eigenvalue weighted by atomic mass is 35.5. The van der Waals surface area contributed by atoms with Gasteiger partial charge in [-0.25, -0.2) is 4.98 Å². The predicted molar refractivity (Wildman–Crippen MR) is 120 cm³/mol. The van der Waals surface area contributed by atoms with E-state index in [0.29, 0.717) is 42.6 Å². The summed E-state index contributed by atoms with van der Waals surface area (Å²) < 4.78 is 0. The van der Waals surface area contributed by atoms with Gasteiger partial charge in [-0.05, 0) is 30.3 Å². The molecule has 4 rings (SSSR count). The number of aromatic hydroxyl groups is 1. The summed E-state index contributed by atoms with van der Waals surface area (Å²) >= 11 is 24.9. The number of nitrogens with zero attached hydrogens (tertiary/aromatic N) is 2. The van der Waals surface area contributed by atoms with Crippen LogP contribution >= 0.6 is 46.4 Å². The quantitative estimate of drug-likeness (QED) is 0.315. The van der Waals surface area contributed by atoms with Crippen LogP contribution in [0, 0.1) is 0 Å². The number of fused-ring (bicyclic) bond motifs is 1. The summed E-state index contributed by atoms with van der Waals surface area (Å²) in [6.45, 7) is 0. The van der Waals surface area contributed by atoms with Crippen LogP contribution in [0.5, 0.6) is 5.75 Å². The van der Waals surface area contributed by atoms with Crippen molar-refractivity contribution in [2.45, 2.75) is 6.04 Å². The standard InChI is InChI=1S/C21H13Cl4N3O/c22-12-4-6-17(27-10-12)28-20(15-8-13(23)9-16(24)18(15)25)14-5-3-11-2-1-7-26-19(11)21(14)29/h1-10,20,29H,(H,27,28). The Labute approximate surface area is 187 Å². The van der Waals surface area contributed by atoms with E-state index >= 15 is 0 Å². The van der Waals surface area contributed by atoms with Gasteiger partial charge in [0, 0.05) is 33.9 Å². The van der Waals surface area contributed by atoms with Crippen LogP contribution in [-0.4, -0.2) is 15.1 Å². The molecule has 1 unspecified atom stereocenters. The lowest BCUT2D eigenvalue weighted by molar-refractivity contribution is 0.471. The highest BCUT2D eigenvalue weighted by Gasteiger charge is 2.24. The molecule has 29 heavy (non-hydrogen) atoms. The first kappa shape index (κ1) is 20.0. The van der Waals surface area contributed by atoms with E-state index in [1.54, 1.807) is 36.5 Å². The Hall–Kier alpha value is -2.24. The van der Waals surface area contributed by atoms with Gasteiger partial charge < -0.3 is 10.4 Å². The summed E-state index contributed by atoms with van der Waals surface area (Å²) in [6, 6.07) is 13.5. The molecule has 0 aliphatic carbocycles. The summed E-state index contributed by atoms with van der Waals surface area (Å²) in [6.07, 6.45) is 3.15. The molecule has 0 amide bonds. The Morgan fingerprint density at radius 2 is 1.69 bits per heavy atom. The van der Waals surface area contributed by atoms with Gasteiger partial charge in [-0.3, -0.25) is 4.98 Å². The predicted octanol–water partition coefficient (Wildman–Crippen LogP) is 7.15. The Morgan fingerprint density at radius 1 is 0.862 bits per heavy atom. The summed E-state index contributed by atoms with van der Waals surface area (Å²) in [4.78, 5) is 8.58. The number of phenols is 1. The number of benzene rings is 2. The number of rotatable bonds is 4. The Balaban J connectivity index is 1.91. The third-order valence-electron chi connectivity index (χ3n) is 4.44. The van der Waals surface area contributed by atoms with E-state index < -0.39 is 6.04 Å². The van der Waals surface area contributed by atoms with Crippen LogP contribution in [0.25, 0.3) is 10.9 Å². The normalized spacial score (nSPS) is 12.1. The summed E-state index contributed by atoms with van der Waals surface area (Å²) in [5.74, 6) is 0.564. The first-order chi connectivity index (χ1) is 13.9. The number of anilines is 1. The molecule has 2 aromatic carbocycles. The van der Waals surface area contributed by atoms with E-state index in [0.717, 1.165) is 5.39 Å². The van der Waals surface area contributed by atoms with Crippen LogP contribution in [0.2, 0.25) is 20.1 Å². The highest BCUT2D eigenvalue weighted by Crippen LogP contribution is 2.41. The van der Waals surface area contributed by atoms with Crippen molar-refractivity contribution in [1.82, 2.24) is 9.97 Å². The maximum Gasteiger partial charge on any atom is 0.147 e. The van der Waals surface area contributed by atoms with Gasteiger partial charge in [-0.1, -0.05) is 64.6 Å². The number of nitrogens with one attached hydrogen (secondary N) is 1. The Morgan fingerprint density at radius 3 is 2.45 bits per heavy atom. The van der Waals surface area contributed by atoms with Crippen molar-refractivity contribution in [1.29, 1.82) is 0 Å². The average Bonchev–Trinajstić information content (AvgIpc) is 2.71. The van der Waals surface area contributed by atoms with E-state index in [9.17, 15) is 5.11 Å². The molecule has 0 bridgehead atoms. The van der Waals surface area contributed by atoms with Gasteiger partial charge >= 0.3 is 0 Å². The molecule has 146 valence electrons. The average molecular weight is 465 g/mol. The monoisotopic (exact) mass is 463 g/mol. The minimum Gasteiger partial charge on any atom is -0.505 e. The van der Waals surface area contributed by atoms with Gasteiger partial charge in [0.2, 0.25) is 0 Å². The number of phenolic OH excluding ortho intramolecular Hbond substituents is 1. The maximum atomic E-state index is 11.0. The van der Waals surface area contributed by atoms with Crippen molar-refractivity contribution in [2.24, 2.45) is 0 Å². The maximum absolute atomic E-state index is 11.0. The second-order valence-electron chi connectivity index (χ2n) is 6.31. The van der Waals surface area contributed by atoms with Crippen LogP contribution < -0.4 is 5.32 Å². The minimum atomic E-state index is -0.598. The van der Waals surface area contributed by atoms with Gasteiger partial charge in [-0.15, -0.1) is 0 Å². The van der Waals surface area contributed by atoms with Gasteiger partial charge in [0.05, 0.1) is 21.1 Å². The first-order valence-corrected chi connectivity index (χ1v) is 10.0. The lowest BCUT2D eigenvalue weighted by atomic mass is 9.96. The zero-order chi connectivity index (χ0) is 20.5. The fourth-order valence-corrected chi connectivity index (χ4v) is 3.94. The molecular weight excluding hydrogens is 452 g/mol. The molecule has 0 aliphatic rings. The lowest BCUT2D eigenvalue weighted by Crippen LogP contribution is -2.14. The van der Waals surface area contributed by atoms with E-state index in [2.05, 4.69) is 15.3 Å². The zero-order valence-corrected chi connectivity index (χ0v) is 17.7. The van der Waals surface area contributed by atoms with Crippen molar-refractivity contribution in [3.05, 3.63) is 92.1 Å². The van der Waals surface area contributed by atoms with Crippen LogP contribution in [0.3, 0.4) is 0 Å². The van der Waals surface area contributed by atoms with E-state index in [1.165, 1.54) is 6.20 Å². The molecule has 1 atom stereocenters. The van der Waals surface area contributed by atoms with Crippen LogP contribution in [0.15, 0.2) is 60.9 Å². The van der Waals surface area contributed by atoms with E-state index in [1.807, 2.05) is 18.2 Å². The Bertz CT molecular complexity index is 1200. The molecule has 0 radical (unpaired) electrons. The number of hydrogen-bond donors (Lipinski definition) is 2. The fourth-order valence-electron chi connectivity index (χ4n) is 3.10. The molecular formula is C21H13Cl4N3O. The molecule has 2 N–H and O–H groups in total. The van der Waals surface area contributed by atoms with Crippen molar-refractivity contribution in [3.8, 4) is 5.75 Å². The van der Waals surface area contributed by atoms with Gasteiger partial charge in [0.1, 0.15) is 17.1 Å². The third-order valence-corrected chi connectivity index (χ3v) is 5.70. The number of pyridine rings is 2. The van der Waals surface area contributed by atoms with Crippen LogP contribution in [0.4, 0.5) is 5.82 Å². The van der Waals surface area contributed by atoms with Crippen LogP contribution in [-0.2, 0) is 0 Å². The molecule has 4 nitrogen and oxygen atoms in total. The van der Waals surface area contributed by atoms with Crippen molar-refractivity contribution < 1.29 is 5.11 Å². The lowest BCUT2D eigenvalue weighted by Gasteiger charge is -2.23. The molecule has 0 spiro atoms. The SMILES string of the molecule is Oc1c(C(Nc2ccc(Cl)cn2)c2cc(Cl)cc(Cl)c2Cl)ccc2cccnc12. The van der Waals surface area contributed by atoms with Crippen molar-refractivity contribution in [2.75, 3.05) is 5.32 Å². The van der Waals surface area contributed by atoms with Gasteiger partial charge in [0.25, 0.3) is 0 Å². The molecule has 0 aliphatic heterocycles. The molecule has 2 aromatic heterocycles. The summed E-state index contributed by atoms with van der Waals surface area (Å²) in [5.41, 5.74) is 1.62. The Kier molecular flexibility index (Phi) is 5.70. The third kappa shape index (κ3) is 4.07. The number of halogens is 4. The topological polar surface area (TPSA) is 58.0 Å². The van der Waals surface area contributed by atoms with E-state index in [4.69, 9.17) is 46.4 Å². The van der Waals surface area contributed by atoms with Gasteiger partial charge in [0.15, 0.2) is 0 Å². The second-order valence-corrected chi connectivity index (χ2v) is 7.97. The second kappa shape index (κ2) is 8.25. The molecule has 8 heteroatoms. The molecule has 0 saturated carbocycles. The van der Waals surface area contributed by atoms with E-state index in [-0.39, 0.29) is 5.75 Å². The van der Waals surface area contributed by atoms with Gasteiger partial charge in [-0.2, -0.15) is 0 Å². The number of hydrogen-bond acceptors (Lipinski definition) is 4. The van der Waals surface area contributed by atoms with Crippen molar-refractivity contribution >= 4 is 63.1 Å². The number of aromatic nitrogens is 2. The molecule has 0 saturated heterocycles. The first-order valence-electron chi connectivity index (χ1n) is 8.53. The minimum absolute atomic E-state index is 0.0294. The largest absolute Gasteiger partial charge is 0.505 e. The molecule has 4 aromatic rings. The highest BCUT2D eigenvalue weighted by molar-refractivity contribution is 6.43. The molecule has 0 fully saturated rings. The smallest absolute Gasteiger partial charge is 0.147 e. The fraction of sp³-hybridized carbons (Fsp3) is 0.0476. The summed E-state index contributed by atoms with van der Waals surface area (Å²) in [7, 11) is 0. The zero-order valence-electron chi connectivity index (χ0n) is 14.7. The van der Waals surface area contributed by atoms with Crippen molar-refractivity contribution in [3.63, 3.8) is 0 Å². The molecule has 2 heterocycles. The summed E-state index contributed by atoms with van der Waals surface area (Å²) in [5, 5.41) is 16.6. The van der Waals surface area contributed by atoms with Crippen LogP contribution in [0.1, 0.15) is 17.2 Å².